The third-order valence-corrected chi connectivity index (χ3v) is 10.8. The molecule has 1 aromatic heterocycles. The van der Waals surface area contributed by atoms with Crippen molar-refractivity contribution in [2.45, 2.75) is 56.7 Å². The number of aliphatic hydroxyl groups is 1. The van der Waals surface area contributed by atoms with E-state index < -0.39 is 62.6 Å². The highest BCUT2D eigenvalue weighted by molar-refractivity contribution is 8.03. The van der Waals surface area contributed by atoms with Crippen molar-refractivity contribution in [2.24, 2.45) is 11.3 Å². The molecule has 4 heterocycles. The number of ether oxygens (including phenoxy) is 1. The number of H-pyrrole nitrogens is 1. The van der Waals surface area contributed by atoms with Crippen LogP contribution in [0.5, 0.6) is 0 Å². The van der Waals surface area contributed by atoms with E-state index in [4.69, 9.17) is 4.74 Å². The van der Waals surface area contributed by atoms with Crippen LogP contribution in [0.4, 0.5) is 16.2 Å². The number of likely N-dealkylation sites (tertiary alicyclic amines) is 1. The minimum absolute atomic E-state index is 0.103. The van der Waals surface area contributed by atoms with Gasteiger partial charge < -0.3 is 19.8 Å². The predicted octanol–water partition coefficient (Wildman–Crippen LogP) is 3.57. The molecule has 17 nitrogen and oxygen atoms in total. The second-order valence-corrected chi connectivity index (χ2v) is 13.7. The van der Waals surface area contributed by atoms with Gasteiger partial charge >= 0.3 is 12.1 Å². The van der Waals surface area contributed by atoms with Gasteiger partial charge in [-0.2, -0.15) is 5.10 Å². The van der Waals surface area contributed by atoms with E-state index in [0.717, 1.165) is 0 Å². The van der Waals surface area contributed by atoms with E-state index in [2.05, 4.69) is 15.2 Å². The molecule has 3 aliphatic rings. The Morgan fingerprint density at radius 3 is 2.24 bits per heavy atom. The zero-order valence-corrected chi connectivity index (χ0v) is 27.0. The van der Waals surface area contributed by atoms with Gasteiger partial charge in [0.05, 0.1) is 34.0 Å². The fourth-order valence-corrected chi connectivity index (χ4v) is 8.60. The molecule has 3 N–H and O–H groups in total. The second-order valence-electron chi connectivity index (χ2n) is 12.4. The molecule has 2 saturated heterocycles. The molecule has 3 aromatic rings. The molecule has 3 aliphatic heterocycles. The van der Waals surface area contributed by atoms with Crippen LogP contribution in [0.25, 0.3) is 0 Å². The maximum atomic E-state index is 13.5. The molecule has 6 rings (SSSR count). The zero-order valence-electron chi connectivity index (χ0n) is 26.2. The molecule has 0 radical (unpaired) electrons. The summed E-state index contributed by atoms with van der Waals surface area (Å²) in [6, 6.07) is 10.2. The van der Waals surface area contributed by atoms with Crippen molar-refractivity contribution in [1.29, 1.82) is 0 Å². The van der Waals surface area contributed by atoms with E-state index in [0.29, 0.717) is 28.3 Å². The number of benzene rings is 2. The van der Waals surface area contributed by atoms with Gasteiger partial charge in [-0.05, 0) is 43.0 Å². The average Bonchev–Trinajstić information content (AvgIpc) is 3.78. The Hall–Kier alpha value is -5.36. The van der Waals surface area contributed by atoms with E-state index in [1.807, 2.05) is 6.92 Å². The largest absolute Gasteiger partial charge is 0.477 e. The first-order valence-corrected chi connectivity index (χ1v) is 16.1. The molecule has 2 fully saturated rings. The van der Waals surface area contributed by atoms with Crippen molar-refractivity contribution in [1.82, 2.24) is 25.0 Å². The molecular formula is C31H31N7O10S. The van der Waals surface area contributed by atoms with Crippen LogP contribution in [0.1, 0.15) is 43.3 Å². The summed E-state index contributed by atoms with van der Waals surface area (Å²) in [7, 11) is 0. The number of hydrogen-bond donors (Lipinski definition) is 3. The number of thioether (sulfide) groups is 1. The average molecular weight is 694 g/mol. The monoisotopic (exact) mass is 693 g/mol. The number of aliphatic carboxylic acids is 1. The highest BCUT2D eigenvalue weighted by atomic mass is 32.2. The number of aliphatic hydroxyl groups excluding tert-OH is 1. The third-order valence-electron chi connectivity index (χ3n) is 9.25. The van der Waals surface area contributed by atoms with Crippen LogP contribution in [0.2, 0.25) is 0 Å². The van der Waals surface area contributed by atoms with Gasteiger partial charge in [0.25, 0.3) is 11.4 Å². The van der Waals surface area contributed by atoms with Crippen molar-refractivity contribution in [3.05, 3.63) is 103 Å². The highest BCUT2D eigenvalue weighted by Crippen LogP contribution is 2.60. The fraction of sp³-hybridized carbons (Fsp3) is 0.387. The standard InChI is InChI=1S/C31H31N7O10S/c1-16(39)23-25-31(2,12-17-3-7-19(8-4-17)37(44)45)26(24(29(41)42)36(25)28(23)40)49-21-11-22(27-32-15-33-34-27)35(13-21)30(43)48-14-18-5-9-20(10-6-18)38(46)47/h3-10,15-16,21-23,25,39H,11-14H2,1-2H3,(H,41,42)(H,32,33,34)/t16-,21+,22+,23-,25+,31-/m1/s1. The number of carboxylic acid groups (broad SMARTS) is 1. The molecule has 2 aromatic carbocycles. The van der Waals surface area contributed by atoms with Gasteiger partial charge in [0.1, 0.15) is 24.5 Å². The number of carbonyl (C=O) groups excluding carboxylic acids is 2. The molecule has 18 heteroatoms. The number of nitrogens with one attached hydrogen (secondary N) is 1. The van der Waals surface area contributed by atoms with Crippen LogP contribution in [-0.4, -0.2) is 87.0 Å². The van der Waals surface area contributed by atoms with E-state index in [1.165, 1.54) is 71.2 Å². The van der Waals surface area contributed by atoms with Crippen LogP contribution in [0, 0.1) is 31.6 Å². The Morgan fingerprint density at radius 1 is 1.10 bits per heavy atom. The van der Waals surface area contributed by atoms with Crippen LogP contribution in [0.15, 0.2) is 65.5 Å². The molecule has 0 saturated carbocycles. The van der Waals surface area contributed by atoms with Crippen molar-refractivity contribution in [3.63, 3.8) is 0 Å². The first-order valence-electron chi connectivity index (χ1n) is 15.2. The third kappa shape index (κ3) is 6.08. The van der Waals surface area contributed by atoms with Gasteiger partial charge in [0.15, 0.2) is 0 Å². The maximum absolute atomic E-state index is 13.5. The number of carboxylic acids is 1. The lowest BCUT2D eigenvalue weighted by Gasteiger charge is -2.51. The predicted molar refractivity (Wildman–Crippen MR) is 170 cm³/mol. The fourth-order valence-electron chi connectivity index (χ4n) is 6.99. The number of aromatic amines is 1. The SMILES string of the molecule is C[C@@H](O)[C@H]1C(=O)N2C(C(=O)O)=C(S[C@H]3C[C@@H](c4ncn[nH]4)N(C(=O)OCc4ccc([N+](=O)[O-])cc4)C3)[C@](C)(Cc3ccc([N+](=O)[O-])cc3)[C@H]12. The first-order chi connectivity index (χ1) is 23.3. The number of amides is 2. The summed E-state index contributed by atoms with van der Waals surface area (Å²) in [5, 5.41) is 49.6. The number of hydrogen-bond acceptors (Lipinski definition) is 12. The Bertz CT molecular complexity index is 1830. The molecule has 0 unspecified atom stereocenters. The lowest BCUT2D eigenvalue weighted by Crippen LogP contribution is -2.66. The van der Waals surface area contributed by atoms with Gasteiger partial charge in [0, 0.05) is 46.4 Å². The molecular weight excluding hydrogens is 662 g/mol. The van der Waals surface area contributed by atoms with Crippen molar-refractivity contribution >= 4 is 41.1 Å². The van der Waals surface area contributed by atoms with E-state index in [9.17, 15) is 44.8 Å². The van der Waals surface area contributed by atoms with Crippen LogP contribution < -0.4 is 0 Å². The smallest absolute Gasteiger partial charge is 0.410 e. The minimum Gasteiger partial charge on any atom is -0.477 e. The zero-order chi connectivity index (χ0) is 35.2. The van der Waals surface area contributed by atoms with Crippen LogP contribution in [-0.2, 0) is 27.4 Å². The number of carbonyl (C=O) groups is 3. The summed E-state index contributed by atoms with van der Waals surface area (Å²) < 4.78 is 5.57. The molecule has 2 amide bonds. The molecule has 0 aliphatic carbocycles. The Labute approximate surface area is 282 Å². The Balaban J connectivity index is 1.29. The van der Waals surface area contributed by atoms with E-state index in [1.54, 1.807) is 12.1 Å². The molecule has 0 spiro atoms. The Kier molecular flexibility index (Phi) is 8.84. The number of nitro groups is 2. The summed E-state index contributed by atoms with van der Waals surface area (Å²) >= 11 is 1.23. The van der Waals surface area contributed by atoms with Crippen molar-refractivity contribution in [2.75, 3.05) is 6.54 Å². The van der Waals surface area contributed by atoms with Gasteiger partial charge in [0.2, 0.25) is 5.91 Å². The summed E-state index contributed by atoms with van der Waals surface area (Å²) in [4.78, 5) is 68.1. The van der Waals surface area contributed by atoms with Gasteiger partial charge in [-0.3, -0.25) is 35.0 Å². The lowest BCUT2D eigenvalue weighted by atomic mass is 9.67. The van der Waals surface area contributed by atoms with Crippen LogP contribution >= 0.6 is 11.8 Å². The van der Waals surface area contributed by atoms with Gasteiger partial charge in [-0.25, -0.2) is 14.6 Å². The lowest BCUT2D eigenvalue weighted by molar-refractivity contribution is -0.385. The summed E-state index contributed by atoms with van der Waals surface area (Å²) in [5.41, 5.74) is -0.222. The molecule has 6 atom stereocenters. The number of nitro benzene ring substituents is 2. The normalized spacial score (nSPS) is 25.2. The maximum Gasteiger partial charge on any atom is 0.410 e. The highest BCUT2D eigenvalue weighted by Gasteiger charge is 2.66. The van der Waals surface area contributed by atoms with E-state index in [-0.39, 0.29) is 36.6 Å². The van der Waals surface area contributed by atoms with Crippen LogP contribution in [0.3, 0.4) is 0 Å². The number of nitrogens with zero attached hydrogens (tertiary/aromatic N) is 6. The molecule has 256 valence electrons. The quantitative estimate of drug-likeness (QED) is 0.148. The number of non-ortho nitro benzene ring substituents is 2. The minimum atomic E-state index is -1.32. The molecule has 0 bridgehead atoms. The number of fused-ring (bicyclic) bond motifs is 1. The summed E-state index contributed by atoms with van der Waals surface area (Å²) in [6.07, 6.45) is 0.0681. The summed E-state index contributed by atoms with van der Waals surface area (Å²) in [6.45, 7) is 3.26. The topological polar surface area (TPSA) is 235 Å². The van der Waals surface area contributed by atoms with Crippen molar-refractivity contribution < 1.29 is 39.2 Å². The van der Waals surface area contributed by atoms with Gasteiger partial charge in [-0.15, -0.1) is 11.8 Å². The second kappa shape index (κ2) is 12.9. The molecule has 49 heavy (non-hydrogen) atoms. The Morgan fingerprint density at radius 2 is 1.71 bits per heavy atom. The number of aromatic nitrogens is 3. The number of β-lactam (4-membered cyclic amide) rings is 1. The van der Waals surface area contributed by atoms with Crippen molar-refractivity contribution in [3.8, 4) is 0 Å². The summed E-state index contributed by atoms with van der Waals surface area (Å²) in [5.74, 6) is -2.31. The van der Waals surface area contributed by atoms with Gasteiger partial charge in [-0.1, -0.05) is 19.1 Å². The number of rotatable bonds is 11. The first kappa shape index (κ1) is 33.5. The van der Waals surface area contributed by atoms with E-state index >= 15 is 0 Å².